The molecule has 2 nitrogen and oxygen atoms in total. The van der Waals surface area contributed by atoms with Crippen LogP contribution in [0.3, 0.4) is 0 Å². The van der Waals surface area contributed by atoms with Crippen molar-refractivity contribution in [3.63, 3.8) is 0 Å². The molecule has 8 rings (SSSR count). The van der Waals surface area contributed by atoms with Crippen LogP contribution in [0.25, 0.3) is 76.5 Å². The lowest BCUT2D eigenvalue weighted by Crippen LogP contribution is -1.91. The second kappa shape index (κ2) is 8.22. The minimum absolute atomic E-state index is 0.939. The Hall–Kier alpha value is -5.08. The van der Waals surface area contributed by atoms with Crippen LogP contribution in [-0.4, -0.2) is 9.97 Å². The minimum atomic E-state index is 0.939. The average molecular weight is 483 g/mol. The quantitative estimate of drug-likeness (QED) is 0.181. The molecule has 0 unspecified atom stereocenters. The van der Waals surface area contributed by atoms with E-state index in [2.05, 4.69) is 126 Å². The Morgan fingerprint density at radius 2 is 0.974 bits per heavy atom. The van der Waals surface area contributed by atoms with Crippen molar-refractivity contribution >= 4 is 54.1 Å². The van der Waals surface area contributed by atoms with Gasteiger partial charge in [-0.1, -0.05) is 109 Å². The summed E-state index contributed by atoms with van der Waals surface area (Å²) in [5.41, 5.74) is 6.49. The standard InChI is InChI=1S/C36H22N2/c1-3-11-27-25(8-1)22-26-9-2-4-12-28(26)34(27)32-16-6-13-29-30(32)14-5-15-31(29)33-20-19-24-18-17-23-10-7-21-37-35(23)36(24)38-33/h1-22H. The molecule has 0 aliphatic heterocycles. The van der Waals surface area contributed by atoms with E-state index in [1.807, 2.05) is 12.3 Å². The van der Waals surface area contributed by atoms with Gasteiger partial charge in [0.2, 0.25) is 0 Å². The van der Waals surface area contributed by atoms with Gasteiger partial charge in [0.15, 0.2) is 0 Å². The normalized spacial score (nSPS) is 11.7. The molecule has 38 heavy (non-hydrogen) atoms. The van der Waals surface area contributed by atoms with Crippen LogP contribution >= 0.6 is 0 Å². The molecule has 0 aliphatic rings. The third-order valence-electron chi connectivity index (χ3n) is 7.67. The molecular weight excluding hydrogens is 460 g/mol. The third-order valence-corrected chi connectivity index (χ3v) is 7.67. The number of hydrogen-bond acceptors (Lipinski definition) is 2. The highest BCUT2D eigenvalue weighted by Gasteiger charge is 2.15. The lowest BCUT2D eigenvalue weighted by Gasteiger charge is -2.16. The summed E-state index contributed by atoms with van der Waals surface area (Å²) in [6.07, 6.45) is 1.84. The van der Waals surface area contributed by atoms with Crippen molar-refractivity contribution in [3.05, 3.63) is 134 Å². The molecule has 0 atom stereocenters. The molecule has 2 aromatic heterocycles. The van der Waals surface area contributed by atoms with Crippen molar-refractivity contribution in [2.45, 2.75) is 0 Å². The first-order chi connectivity index (χ1) is 18.8. The molecule has 0 bridgehead atoms. The van der Waals surface area contributed by atoms with E-state index in [1.54, 1.807) is 0 Å². The topological polar surface area (TPSA) is 25.8 Å². The van der Waals surface area contributed by atoms with E-state index in [9.17, 15) is 0 Å². The Labute approximate surface area is 219 Å². The van der Waals surface area contributed by atoms with Crippen LogP contribution in [0, 0.1) is 0 Å². The van der Waals surface area contributed by atoms with E-state index < -0.39 is 0 Å². The molecule has 6 aromatic carbocycles. The van der Waals surface area contributed by atoms with Gasteiger partial charge >= 0.3 is 0 Å². The van der Waals surface area contributed by atoms with Crippen LogP contribution in [0.2, 0.25) is 0 Å². The van der Waals surface area contributed by atoms with Crippen molar-refractivity contribution in [1.29, 1.82) is 0 Å². The summed E-state index contributed by atoms with van der Waals surface area (Å²) in [4.78, 5) is 9.82. The van der Waals surface area contributed by atoms with Gasteiger partial charge in [0.1, 0.15) is 0 Å². The predicted octanol–water partition coefficient (Wildman–Crippen LogP) is 9.58. The molecule has 0 N–H and O–H groups in total. The van der Waals surface area contributed by atoms with Crippen molar-refractivity contribution in [2.75, 3.05) is 0 Å². The Bertz CT molecular complexity index is 2140. The van der Waals surface area contributed by atoms with Crippen molar-refractivity contribution in [3.8, 4) is 22.4 Å². The second-order valence-corrected chi connectivity index (χ2v) is 9.81. The maximum absolute atomic E-state index is 5.16. The molecule has 0 spiro atoms. The first-order valence-electron chi connectivity index (χ1n) is 12.9. The average Bonchev–Trinajstić information content (AvgIpc) is 2.99. The van der Waals surface area contributed by atoms with Crippen LogP contribution in [0.5, 0.6) is 0 Å². The molecule has 0 fully saturated rings. The summed E-state index contributed by atoms with van der Waals surface area (Å²) in [5.74, 6) is 0. The molecule has 0 radical (unpaired) electrons. The lowest BCUT2D eigenvalue weighted by molar-refractivity contribution is 1.37. The largest absolute Gasteiger partial charge is 0.254 e. The molecule has 0 aliphatic carbocycles. The van der Waals surface area contributed by atoms with Crippen LogP contribution < -0.4 is 0 Å². The summed E-state index contributed by atoms with van der Waals surface area (Å²) in [6.45, 7) is 0. The van der Waals surface area contributed by atoms with Crippen LogP contribution in [0.15, 0.2) is 134 Å². The van der Waals surface area contributed by atoms with Crippen molar-refractivity contribution in [2.24, 2.45) is 0 Å². The van der Waals surface area contributed by atoms with Gasteiger partial charge in [-0.2, -0.15) is 0 Å². The monoisotopic (exact) mass is 482 g/mol. The van der Waals surface area contributed by atoms with Crippen LogP contribution in [-0.2, 0) is 0 Å². The molecule has 2 heterocycles. The molecule has 0 amide bonds. The van der Waals surface area contributed by atoms with E-state index in [-0.39, 0.29) is 0 Å². The smallest absolute Gasteiger partial charge is 0.0972 e. The first kappa shape index (κ1) is 21.0. The number of rotatable bonds is 2. The minimum Gasteiger partial charge on any atom is -0.254 e. The summed E-state index contributed by atoms with van der Waals surface area (Å²) in [5, 5.41) is 9.67. The fraction of sp³-hybridized carbons (Fsp3) is 0. The van der Waals surface area contributed by atoms with E-state index in [1.165, 1.54) is 43.4 Å². The summed E-state index contributed by atoms with van der Waals surface area (Å²) in [6, 6.07) is 45.5. The Kier molecular flexibility index (Phi) is 4.55. The molecule has 176 valence electrons. The van der Waals surface area contributed by atoms with Gasteiger partial charge < -0.3 is 0 Å². The lowest BCUT2D eigenvalue weighted by atomic mass is 9.88. The maximum atomic E-state index is 5.16. The number of pyridine rings is 2. The molecule has 0 saturated heterocycles. The van der Waals surface area contributed by atoms with Gasteiger partial charge in [-0.15, -0.1) is 0 Å². The number of benzene rings is 6. The SMILES string of the molecule is c1ccc2c(-c3cccc4c(-c5ccc6ccc7cccnc7c6n5)cccc34)c3ccccc3cc2c1. The maximum Gasteiger partial charge on any atom is 0.0972 e. The van der Waals surface area contributed by atoms with Gasteiger partial charge in [-0.25, -0.2) is 4.98 Å². The molecule has 0 saturated carbocycles. The Morgan fingerprint density at radius 1 is 0.395 bits per heavy atom. The fourth-order valence-electron chi connectivity index (χ4n) is 5.93. The number of fused-ring (bicyclic) bond motifs is 6. The van der Waals surface area contributed by atoms with Gasteiger partial charge in [0.05, 0.1) is 16.7 Å². The zero-order chi connectivity index (χ0) is 25.1. The van der Waals surface area contributed by atoms with Gasteiger partial charge in [0, 0.05) is 22.5 Å². The summed E-state index contributed by atoms with van der Waals surface area (Å²) in [7, 11) is 0. The zero-order valence-corrected chi connectivity index (χ0v) is 20.6. The highest BCUT2D eigenvalue weighted by atomic mass is 14.8. The Morgan fingerprint density at radius 3 is 1.74 bits per heavy atom. The number of hydrogen-bond donors (Lipinski definition) is 0. The predicted molar refractivity (Wildman–Crippen MR) is 160 cm³/mol. The summed E-state index contributed by atoms with van der Waals surface area (Å²) >= 11 is 0. The van der Waals surface area contributed by atoms with E-state index in [0.717, 1.165) is 33.1 Å². The van der Waals surface area contributed by atoms with E-state index in [0.29, 0.717) is 0 Å². The number of nitrogens with zero attached hydrogens (tertiary/aromatic N) is 2. The number of aromatic nitrogens is 2. The van der Waals surface area contributed by atoms with E-state index in [4.69, 9.17) is 4.98 Å². The zero-order valence-electron chi connectivity index (χ0n) is 20.6. The highest BCUT2D eigenvalue weighted by molar-refractivity contribution is 6.18. The van der Waals surface area contributed by atoms with Gasteiger partial charge in [0.25, 0.3) is 0 Å². The van der Waals surface area contributed by atoms with Crippen molar-refractivity contribution < 1.29 is 0 Å². The molecule has 2 heteroatoms. The molecule has 8 aromatic rings. The van der Waals surface area contributed by atoms with Crippen molar-refractivity contribution in [1.82, 2.24) is 9.97 Å². The van der Waals surface area contributed by atoms with Crippen LogP contribution in [0.1, 0.15) is 0 Å². The van der Waals surface area contributed by atoms with E-state index >= 15 is 0 Å². The highest BCUT2D eigenvalue weighted by Crippen LogP contribution is 2.41. The second-order valence-electron chi connectivity index (χ2n) is 9.81. The Balaban J connectivity index is 1.43. The van der Waals surface area contributed by atoms with Gasteiger partial charge in [-0.05, 0) is 61.6 Å². The summed E-state index contributed by atoms with van der Waals surface area (Å²) < 4.78 is 0. The van der Waals surface area contributed by atoms with Gasteiger partial charge in [-0.3, -0.25) is 4.98 Å². The molecular formula is C36H22N2. The van der Waals surface area contributed by atoms with Crippen LogP contribution in [0.4, 0.5) is 0 Å². The first-order valence-corrected chi connectivity index (χ1v) is 12.9. The third kappa shape index (κ3) is 3.14. The fourth-order valence-corrected chi connectivity index (χ4v) is 5.93.